The second-order valence-electron chi connectivity index (χ2n) is 3.16. The largest absolute Gasteiger partial charge is 0.321 e. The number of amides is 1. The maximum atomic E-state index is 11.8. The van der Waals surface area contributed by atoms with Gasteiger partial charge in [0.15, 0.2) is 0 Å². The molecular formula is C11H10N2OS. The van der Waals surface area contributed by atoms with E-state index in [4.69, 9.17) is 0 Å². The number of hydrogen-bond donors (Lipinski definition) is 1. The van der Waals surface area contributed by atoms with Gasteiger partial charge < -0.3 is 5.32 Å². The van der Waals surface area contributed by atoms with Gasteiger partial charge in [-0.3, -0.25) is 9.78 Å². The molecule has 76 valence electrons. The van der Waals surface area contributed by atoms with Crippen molar-refractivity contribution in [3.63, 3.8) is 0 Å². The van der Waals surface area contributed by atoms with E-state index in [-0.39, 0.29) is 5.91 Å². The molecule has 0 aliphatic carbocycles. The Morgan fingerprint density at radius 1 is 1.47 bits per heavy atom. The van der Waals surface area contributed by atoms with Gasteiger partial charge in [-0.1, -0.05) is 0 Å². The summed E-state index contributed by atoms with van der Waals surface area (Å²) < 4.78 is 0. The molecule has 4 heteroatoms. The molecule has 2 aromatic heterocycles. The number of anilines is 1. The van der Waals surface area contributed by atoms with Crippen LogP contribution in [0, 0.1) is 6.92 Å². The van der Waals surface area contributed by atoms with Crippen molar-refractivity contribution in [3.8, 4) is 0 Å². The molecule has 0 saturated carbocycles. The van der Waals surface area contributed by atoms with Crippen LogP contribution in [0.3, 0.4) is 0 Å². The van der Waals surface area contributed by atoms with E-state index in [1.165, 1.54) is 11.3 Å². The third-order valence-electron chi connectivity index (χ3n) is 2.02. The van der Waals surface area contributed by atoms with Gasteiger partial charge in [-0.25, -0.2) is 0 Å². The fraction of sp³-hybridized carbons (Fsp3) is 0.0909. The molecule has 0 radical (unpaired) electrons. The lowest BCUT2D eigenvalue weighted by atomic mass is 10.2. The molecule has 2 aromatic rings. The van der Waals surface area contributed by atoms with Gasteiger partial charge in [0.2, 0.25) is 0 Å². The minimum absolute atomic E-state index is 0.0817. The van der Waals surface area contributed by atoms with E-state index in [9.17, 15) is 4.79 Å². The van der Waals surface area contributed by atoms with Crippen LogP contribution in [0.2, 0.25) is 0 Å². The van der Waals surface area contributed by atoms with Crippen LogP contribution in [0.15, 0.2) is 35.3 Å². The Bertz CT molecular complexity index is 464. The molecule has 0 saturated heterocycles. The Hall–Kier alpha value is -1.68. The number of hydrogen-bond acceptors (Lipinski definition) is 3. The van der Waals surface area contributed by atoms with Gasteiger partial charge in [0.1, 0.15) is 0 Å². The molecule has 0 atom stereocenters. The van der Waals surface area contributed by atoms with Crippen molar-refractivity contribution in [3.05, 3.63) is 46.4 Å². The first-order chi connectivity index (χ1) is 7.27. The lowest BCUT2D eigenvalue weighted by molar-refractivity contribution is 0.102. The van der Waals surface area contributed by atoms with Gasteiger partial charge in [-0.2, -0.15) is 11.3 Å². The number of pyridine rings is 1. The second kappa shape index (κ2) is 4.23. The van der Waals surface area contributed by atoms with E-state index >= 15 is 0 Å². The molecule has 0 aliphatic rings. The first kappa shape index (κ1) is 9.86. The molecule has 2 heterocycles. The highest BCUT2D eigenvalue weighted by Crippen LogP contribution is 2.15. The van der Waals surface area contributed by atoms with Crippen LogP contribution >= 0.6 is 11.3 Å². The van der Waals surface area contributed by atoms with E-state index in [2.05, 4.69) is 10.3 Å². The Morgan fingerprint density at radius 3 is 2.93 bits per heavy atom. The van der Waals surface area contributed by atoms with Gasteiger partial charge in [-0.05, 0) is 30.0 Å². The van der Waals surface area contributed by atoms with Gasteiger partial charge >= 0.3 is 0 Å². The monoisotopic (exact) mass is 218 g/mol. The topological polar surface area (TPSA) is 42.0 Å². The third-order valence-corrected chi connectivity index (χ3v) is 2.88. The van der Waals surface area contributed by atoms with Crippen LogP contribution in [-0.4, -0.2) is 10.9 Å². The molecule has 1 N–H and O–H groups in total. The number of nitrogens with zero attached hydrogens (tertiary/aromatic N) is 1. The minimum Gasteiger partial charge on any atom is -0.321 e. The highest BCUT2D eigenvalue weighted by atomic mass is 32.1. The SMILES string of the molecule is Cc1cscc1C(=O)Nc1cccnc1. The zero-order valence-corrected chi connectivity index (χ0v) is 9.04. The average molecular weight is 218 g/mol. The predicted molar refractivity (Wildman–Crippen MR) is 61.2 cm³/mol. The molecule has 2 rings (SSSR count). The number of aromatic nitrogens is 1. The number of thiophene rings is 1. The second-order valence-corrected chi connectivity index (χ2v) is 3.91. The van der Waals surface area contributed by atoms with Crippen LogP contribution in [0.1, 0.15) is 15.9 Å². The lowest BCUT2D eigenvalue weighted by Gasteiger charge is -2.03. The van der Waals surface area contributed by atoms with Gasteiger partial charge in [-0.15, -0.1) is 0 Å². The number of carbonyl (C=O) groups excluding carboxylic acids is 1. The maximum Gasteiger partial charge on any atom is 0.256 e. The molecule has 0 aliphatic heterocycles. The van der Waals surface area contributed by atoms with Crippen molar-refractivity contribution < 1.29 is 4.79 Å². The normalized spacial score (nSPS) is 9.93. The number of rotatable bonds is 2. The number of aryl methyl sites for hydroxylation is 1. The summed E-state index contributed by atoms with van der Waals surface area (Å²) in [6, 6.07) is 3.60. The van der Waals surface area contributed by atoms with Crippen LogP contribution in [0.4, 0.5) is 5.69 Å². The summed E-state index contributed by atoms with van der Waals surface area (Å²) in [5, 5.41) is 6.60. The molecule has 0 fully saturated rings. The predicted octanol–water partition coefficient (Wildman–Crippen LogP) is 2.70. The minimum atomic E-state index is -0.0817. The summed E-state index contributed by atoms with van der Waals surface area (Å²) in [6.45, 7) is 1.93. The molecule has 1 amide bonds. The van der Waals surface area contributed by atoms with Crippen LogP contribution < -0.4 is 5.32 Å². The van der Waals surface area contributed by atoms with Gasteiger partial charge in [0.05, 0.1) is 17.4 Å². The molecular weight excluding hydrogens is 208 g/mol. The quantitative estimate of drug-likeness (QED) is 0.842. The van der Waals surface area contributed by atoms with E-state index in [1.807, 2.05) is 23.8 Å². The van der Waals surface area contributed by atoms with Crippen molar-refractivity contribution in [1.82, 2.24) is 4.98 Å². The molecule has 0 spiro atoms. The summed E-state index contributed by atoms with van der Waals surface area (Å²) in [5.74, 6) is -0.0817. The van der Waals surface area contributed by atoms with Gasteiger partial charge in [0.25, 0.3) is 5.91 Å². The summed E-state index contributed by atoms with van der Waals surface area (Å²) >= 11 is 1.53. The van der Waals surface area contributed by atoms with E-state index < -0.39 is 0 Å². The zero-order valence-electron chi connectivity index (χ0n) is 8.23. The van der Waals surface area contributed by atoms with Crippen LogP contribution in [0.5, 0.6) is 0 Å². The Labute approximate surface area is 91.8 Å². The Kier molecular flexibility index (Phi) is 2.78. The van der Waals surface area contributed by atoms with Crippen molar-refractivity contribution in [2.75, 3.05) is 5.32 Å². The van der Waals surface area contributed by atoms with Crippen LogP contribution in [-0.2, 0) is 0 Å². The highest BCUT2D eigenvalue weighted by molar-refractivity contribution is 7.08. The average Bonchev–Trinajstić information content (AvgIpc) is 2.66. The summed E-state index contributed by atoms with van der Waals surface area (Å²) in [6.07, 6.45) is 3.30. The Morgan fingerprint density at radius 2 is 2.33 bits per heavy atom. The first-order valence-electron chi connectivity index (χ1n) is 4.51. The van der Waals surface area contributed by atoms with Crippen molar-refractivity contribution in [1.29, 1.82) is 0 Å². The zero-order chi connectivity index (χ0) is 10.7. The van der Waals surface area contributed by atoms with Crippen molar-refractivity contribution in [2.45, 2.75) is 6.92 Å². The van der Waals surface area contributed by atoms with Crippen molar-refractivity contribution >= 4 is 22.9 Å². The molecule has 0 unspecified atom stereocenters. The van der Waals surface area contributed by atoms with Crippen LogP contribution in [0.25, 0.3) is 0 Å². The molecule has 15 heavy (non-hydrogen) atoms. The van der Waals surface area contributed by atoms with E-state index in [1.54, 1.807) is 18.5 Å². The van der Waals surface area contributed by atoms with E-state index in [0.717, 1.165) is 11.1 Å². The fourth-order valence-corrected chi connectivity index (χ4v) is 2.06. The Balaban J connectivity index is 2.15. The summed E-state index contributed by atoms with van der Waals surface area (Å²) in [7, 11) is 0. The first-order valence-corrected chi connectivity index (χ1v) is 5.46. The molecule has 0 aromatic carbocycles. The number of nitrogens with one attached hydrogen (secondary N) is 1. The smallest absolute Gasteiger partial charge is 0.256 e. The summed E-state index contributed by atoms with van der Waals surface area (Å²) in [4.78, 5) is 15.7. The summed E-state index contributed by atoms with van der Waals surface area (Å²) in [5.41, 5.74) is 2.44. The standard InChI is InChI=1S/C11H10N2OS/c1-8-6-15-7-10(8)11(14)13-9-3-2-4-12-5-9/h2-7H,1H3,(H,13,14). The third kappa shape index (κ3) is 2.22. The molecule has 0 bridgehead atoms. The van der Waals surface area contributed by atoms with Crippen molar-refractivity contribution in [2.24, 2.45) is 0 Å². The lowest BCUT2D eigenvalue weighted by Crippen LogP contribution is -2.11. The fourth-order valence-electron chi connectivity index (χ4n) is 1.23. The maximum absolute atomic E-state index is 11.8. The van der Waals surface area contributed by atoms with Gasteiger partial charge in [0, 0.05) is 11.6 Å². The molecule has 3 nitrogen and oxygen atoms in total. The van der Waals surface area contributed by atoms with E-state index in [0.29, 0.717) is 5.69 Å². The highest BCUT2D eigenvalue weighted by Gasteiger charge is 2.09. The number of carbonyl (C=O) groups is 1.